The third kappa shape index (κ3) is 3.64. The van der Waals surface area contributed by atoms with Gasteiger partial charge in [0.15, 0.2) is 11.5 Å². The smallest absolute Gasteiger partial charge is 0.494 e. The average Bonchev–Trinajstić information content (AvgIpc) is 2.17. The van der Waals surface area contributed by atoms with E-state index in [0.29, 0.717) is 0 Å². The van der Waals surface area contributed by atoms with Crippen molar-refractivity contribution >= 4 is 19.7 Å². The highest BCUT2D eigenvalue weighted by Crippen LogP contribution is 2.33. The van der Waals surface area contributed by atoms with E-state index in [0.717, 1.165) is 20.1 Å². The number of hydrogen-bond acceptors (Lipinski definition) is 5. The van der Waals surface area contributed by atoms with Crippen LogP contribution in [0.3, 0.4) is 0 Å². The molecule has 1 aromatic rings. The molecular weight excluding hydrogens is 299 g/mol. The highest BCUT2D eigenvalue weighted by molar-refractivity contribution is 8.13. The molecule has 1 aromatic heterocycles. The van der Waals surface area contributed by atoms with Crippen molar-refractivity contribution in [1.29, 1.82) is 0 Å². The van der Waals surface area contributed by atoms with Gasteiger partial charge < -0.3 is 9.47 Å². The largest absolute Gasteiger partial charge is 0.573 e. The Hall–Kier alpha value is -1.22. The molecule has 18 heavy (non-hydrogen) atoms. The topological polar surface area (TPSA) is 65.5 Å². The number of methoxy groups -OCH3 is 1. The first-order valence-electron chi connectivity index (χ1n) is 4.30. The zero-order chi connectivity index (χ0) is 14.1. The number of aryl methyl sites for hydroxylation is 1. The highest BCUT2D eigenvalue weighted by Gasteiger charge is 2.33. The Kier molecular flexibility index (Phi) is 3.96. The quantitative estimate of drug-likeness (QED) is 0.801. The SMILES string of the molecule is COc1cc(OC(F)(F)F)c(C)nc1S(=O)(=O)Cl. The number of ether oxygens (including phenoxy) is 2. The molecule has 10 heteroatoms. The van der Waals surface area contributed by atoms with Gasteiger partial charge >= 0.3 is 6.36 Å². The zero-order valence-corrected chi connectivity index (χ0v) is 10.7. The van der Waals surface area contributed by atoms with Gasteiger partial charge in [0.05, 0.1) is 12.8 Å². The van der Waals surface area contributed by atoms with E-state index < -0.39 is 31.9 Å². The van der Waals surface area contributed by atoms with Crippen LogP contribution < -0.4 is 9.47 Å². The average molecular weight is 306 g/mol. The fourth-order valence-electron chi connectivity index (χ4n) is 1.10. The molecule has 0 N–H and O–H groups in total. The van der Waals surface area contributed by atoms with Crippen LogP contribution >= 0.6 is 10.7 Å². The third-order valence-electron chi connectivity index (χ3n) is 1.78. The van der Waals surface area contributed by atoms with Gasteiger partial charge in [-0.1, -0.05) is 0 Å². The fourth-order valence-corrected chi connectivity index (χ4v) is 2.06. The minimum atomic E-state index is -4.92. The minimum absolute atomic E-state index is 0.285. The van der Waals surface area contributed by atoms with Crippen molar-refractivity contribution in [2.24, 2.45) is 0 Å². The lowest BCUT2D eigenvalue weighted by Crippen LogP contribution is -2.18. The van der Waals surface area contributed by atoms with Crippen molar-refractivity contribution in [2.45, 2.75) is 18.3 Å². The molecule has 5 nitrogen and oxygen atoms in total. The van der Waals surface area contributed by atoms with Crippen molar-refractivity contribution in [3.05, 3.63) is 11.8 Å². The summed E-state index contributed by atoms with van der Waals surface area (Å²) in [5, 5.41) is -0.668. The maximum Gasteiger partial charge on any atom is 0.573 e. The van der Waals surface area contributed by atoms with Crippen LogP contribution in [-0.4, -0.2) is 26.9 Å². The molecule has 0 aliphatic heterocycles. The molecule has 0 saturated carbocycles. The van der Waals surface area contributed by atoms with Gasteiger partial charge in [-0.2, -0.15) is 0 Å². The van der Waals surface area contributed by atoms with Gasteiger partial charge in [-0.05, 0) is 6.92 Å². The summed E-state index contributed by atoms with van der Waals surface area (Å²) in [6.07, 6.45) is -4.92. The van der Waals surface area contributed by atoms with E-state index in [1.807, 2.05) is 0 Å². The van der Waals surface area contributed by atoms with E-state index >= 15 is 0 Å². The second-order valence-electron chi connectivity index (χ2n) is 3.06. The summed E-state index contributed by atoms with van der Waals surface area (Å²) >= 11 is 0. The second-order valence-corrected chi connectivity index (χ2v) is 5.55. The Balaban J connectivity index is 3.36. The molecule has 0 aliphatic rings. The van der Waals surface area contributed by atoms with Crippen molar-refractivity contribution in [3.63, 3.8) is 0 Å². The lowest BCUT2D eigenvalue weighted by atomic mass is 10.3. The summed E-state index contributed by atoms with van der Waals surface area (Å²) in [6, 6.07) is 0.755. The van der Waals surface area contributed by atoms with E-state index in [1.165, 1.54) is 0 Å². The van der Waals surface area contributed by atoms with E-state index in [2.05, 4.69) is 14.5 Å². The van der Waals surface area contributed by atoms with Gasteiger partial charge in [-0.15, -0.1) is 13.2 Å². The Labute approximate surface area is 105 Å². The number of pyridine rings is 1. The van der Waals surface area contributed by atoms with Gasteiger partial charge in [-0.25, -0.2) is 13.4 Å². The summed E-state index contributed by atoms with van der Waals surface area (Å²) in [5.74, 6) is -1.10. The second kappa shape index (κ2) is 4.81. The van der Waals surface area contributed by atoms with Gasteiger partial charge in [0, 0.05) is 16.7 Å². The van der Waals surface area contributed by atoms with Crippen molar-refractivity contribution in [2.75, 3.05) is 7.11 Å². The maximum atomic E-state index is 12.1. The van der Waals surface area contributed by atoms with Crippen LogP contribution in [0.4, 0.5) is 13.2 Å². The molecule has 0 spiro atoms. The maximum absolute atomic E-state index is 12.1. The number of aromatic nitrogens is 1. The number of alkyl halides is 3. The lowest BCUT2D eigenvalue weighted by molar-refractivity contribution is -0.275. The van der Waals surface area contributed by atoms with Crippen molar-refractivity contribution in [1.82, 2.24) is 4.98 Å². The number of nitrogens with zero attached hydrogens (tertiary/aromatic N) is 1. The molecule has 0 aromatic carbocycles. The van der Waals surface area contributed by atoms with Crippen LogP contribution in [0.1, 0.15) is 5.69 Å². The first-order chi connectivity index (χ1) is 8.04. The van der Waals surface area contributed by atoms with Crippen LogP contribution in [0.5, 0.6) is 11.5 Å². The van der Waals surface area contributed by atoms with E-state index in [4.69, 9.17) is 10.7 Å². The van der Waals surface area contributed by atoms with Gasteiger partial charge in [0.1, 0.15) is 0 Å². The molecule has 0 saturated heterocycles. The summed E-state index contributed by atoms with van der Waals surface area (Å²) in [4.78, 5) is 3.43. The van der Waals surface area contributed by atoms with Crippen molar-refractivity contribution in [3.8, 4) is 11.5 Å². The summed E-state index contributed by atoms with van der Waals surface area (Å²) in [5.41, 5.74) is -0.285. The molecule has 1 rings (SSSR count). The number of halogens is 4. The highest BCUT2D eigenvalue weighted by atomic mass is 35.7. The lowest BCUT2D eigenvalue weighted by Gasteiger charge is -2.13. The first kappa shape index (κ1) is 14.8. The van der Waals surface area contributed by atoms with Crippen LogP contribution in [0.15, 0.2) is 11.1 Å². The van der Waals surface area contributed by atoms with Gasteiger partial charge in [0.25, 0.3) is 9.05 Å². The molecule has 0 atom stereocenters. The molecule has 0 fully saturated rings. The Morgan fingerprint density at radius 1 is 1.33 bits per heavy atom. The fraction of sp³-hybridized carbons (Fsp3) is 0.375. The Morgan fingerprint density at radius 3 is 2.28 bits per heavy atom. The molecule has 102 valence electrons. The van der Waals surface area contributed by atoms with E-state index in [1.54, 1.807) is 0 Å². The summed E-state index contributed by atoms with van der Waals surface area (Å²) in [6.45, 7) is 1.14. The first-order valence-corrected chi connectivity index (χ1v) is 6.61. The molecule has 0 unspecified atom stereocenters. The Bertz CT molecular complexity index is 558. The molecule has 0 bridgehead atoms. The zero-order valence-electron chi connectivity index (χ0n) is 9.08. The Morgan fingerprint density at radius 2 is 1.89 bits per heavy atom. The molecule has 0 amide bonds. The minimum Gasteiger partial charge on any atom is -0.494 e. The predicted octanol–water partition coefficient (Wildman–Crippen LogP) is 2.22. The monoisotopic (exact) mass is 305 g/mol. The standard InChI is InChI=1S/C8H7ClF3NO4S/c1-4-5(17-8(10,11)12)3-6(16-2)7(13-4)18(9,14)15/h3H,1-2H3. The van der Waals surface area contributed by atoms with Gasteiger partial charge in [-0.3, -0.25) is 0 Å². The van der Waals surface area contributed by atoms with Crippen molar-refractivity contribution < 1.29 is 31.1 Å². The molecule has 1 heterocycles. The molecular formula is C8H7ClF3NO4S. The summed E-state index contributed by atoms with van der Waals surface area (Å²) < 4.78 is 66.7. The molecule has 0 radical (unpaired) electrons. The van der Waals surface area contributed by atoms with Crippen LogP contribution in [0.25, 0.3) is 0 Å². The number of rotatable bonds is 3. The normalized spacial score (nSPS) is 12.3. The van der Waals surface area contributed by atoms with Crippen LogP contribution in [0, 0.1) is 6.92 Å². The molecule has 0 aliphatic carbocycles. The summed E-state index contributed by atoms with van der Waals surface area (Å²) in [7, 11) is 1.90. The van der Waals surface area contributed by atoms with E-state index in [9.17, 15) is 21.6 Å². The number of hydrogen-bond donors (Lipinski definition) is 0. The van der Waals surface area contributed by atoms with Crippen LogP contribution in [-0.2, 0) is 9.05 Å². The van der Waals surface area contributed by atoms with Crippen LogP contribution in [0.2, 0.25) is 0 Å². The predicted molar refractivity (Wildman–Crippen MR) is 55.2 cm³/mol. The van der Waals surface area contributed by atoms with E-state index in [-0.39, 0.29) is 5.69 Å². The third-order valence-corrected chi connectivity index (χ3v) is 2.97. The van der Waals surface area contributed by atoms with Gasteiger partial charge in [0.2, 0.25) is 5.03 Å².